The van der Waals surface area contributed by atoms with Gasteiger partial charge in [0.2, 0.25) is 0 Å². The number of allylic oxidation sites excluding steroid dienone is 2. The Morgan fingerprint density at radius 2 is 1.21 bits per heavy atom. The summed E-state index contributed by atoms with van der Waals surface area (Å²) >= 11 is 0. The molecule has 0 saturated heterocycles. The summed E-state index contributed by atoms with van der Waals surface area (Å²) in [6, 6.07) is 30.2. The van der Waals surface area contributed by atoms with Crippen LogP contribution in [0.15, 0.2) is 103 Å². The van der Waals surface area contributed by atoms with E-state index in [0.29, 0.717) is 0 Å². The van der Waals surface area contributed by atoms with Crippen molar-refractivity contribution in [2.24, 2.45) is 0 Å². The van der Waals surface area contributed by atoms with Crippen molar-refractivity contribution >= 4 is 11.8 Å². The van der Waals surface area contributed by atoms with Gasteiger partial charge in [-0.1, -0.05) is 91.0 Å². The van der Waals surface area contributed by atoms with Crippen molar-refractivity contribution in [3.05, 3.63) is 114 Å². The van der Waals surface area contributed by atoms with Gasteiger partial charge in [0.25, 0.3) is 0 Å². The molecule has 0 amide bonds. The van der Waals surface area contributed by atoms with E-state index in [9.17, 15) is 0 Å². The third kappa shape index (κ3) is 5.38. The van der Waals surface area contributed by atoms with E-state index >= 15 is 0 Å². The molecule has 116 valence electrons. The van der Waals surface area contributed by atoms with Gasteiger partial charge in [0.1, 0.15) is 11.5 Å². The second kappa shape index (κ2) is 9.72. The Kier molecular flexibility index (Phi) is 7.29. The van der Waals surface area contributed by atoms with E-state index in [4.69, 9.17) is 4.74 Å². The van der Waals surface area contributed by atoms with Crippen LogP contribution in [-0.2, 0) is 21.7 Å². The normalized spacial score (nSPS) is 11.1. The van der Waals surface area contributed by atoms with Crippen LogP contribution in [0.3, 0.4) is 0 Å². The van der Waals surface area contributed by atoms with Gasteiger partial charge in [-0.2, -0.15) is 0 Å². The smallest absolute Gasteiger partial charge is 0.134 e. The summed E-state index contributed by atoms with van der Waals surface area (Å²) in [5.41, 5.74) is 2.21. The number of ether oxygens (including phenoxy) is 1. The van der Waals surface area contributed by atoms with Gasteiger partial charge in [0.15, 0.2) is 0 Å². The van der Waals surface area contributed by atoms with Crippen LogP contribution in [0.1, 0.15) is 11.1 Å². The summed E-state index contributed by atoms with van der Waals surface area (Å²) in [5.74, 6) is 1.65. The monoisotopic (exact) mass is 346 g/mol. The predicted molar refractivity (Wildman–Crippen MR) is 97.0 cm³/mol. The molecule has 0 atom stereocenters. The number of para-hydroxylation sites is 1. The first-order chi connectivity index (χ1) is 11.4. The van der Waals surface area contributed by atoms with E-state index in [0.717, 1.165) is 22.6 Å². The standard InChI is InChI=1S/C22H18O.Ti/c1-4-11-19(12-5-1)13-10-18-22(20-14-6-2-7-15-20)23-21-16-8-3-9-17-21;/h1-18H;. The molecule has 0 unspecified atom stereocenters. The third-order valence-electron chi connectivity index (χ3n) is 3.37. The molecule has 3 rings (SSSR count). The first kappa shape index (κ1) is 18.0. The average molecular weight is 346 g/mol. The number of rotatable bonds is 5. The van der Waals surface area contributed by atoms with E-state index in [2.05, 4.69) is 18.2 Å². The largest absolute Gasteiger partial charge is 0.457 e. The molecule has 0 bridgehead atoms. The maximum Gasteiger partial charge on any atom is 0.134 e. The van der Waals surface area contributed by atoms with Crippen molar-refractivity contribution in [3.63, 3.8) is 0 Å². The SMILES string of the molecule is C(=Cc1ccccc1)C=C(Oc1ccccc1)c1ccccc1.[Ti]. The second-order valence-corrected chi connectivity index (χ2v) is 5.08. The van der Waals surface area contributed by atoms with Gasteiger partial charge in [0.05, 0.1) is 0 Å². The minimum absolute atomic E-state index is 0. The quantitative estimate of drug-likeness (QED) is 0.321. The summed E-state index contributed by atoms with van der Waals surface area (Å²) < 4.78 is 6.05. The molecule has 0 aliphatic heterocycles. The van der Waals surface area contributed by atoms with Crippen molar-refractivity contribution in [3.8, 4) is 5.75 Å². The van der Waals surface area contributed by atoms with E-state index in [1.807, 2.05) is 91.0 Å². The van der Waals surface area contributed by atoms with Crippen LogP contribution in [-0.4, -0.2) is 0 Å². The van der Waals surface area contributed by atoms with Gasteiger partial charge in [-0.3, -0.25) is 0 Å². The fourth-order valence-corrected chi connectivity index (χ4v) is 2.22. The molecule has 0 fully saturated rings. The zero-order valence-corrected chi connectivity index (χ0v) is 14.9. The zero-order chi connectivity index (χ0) is 15.7. The molecule has 0 radical (unpaired) electrons. The topological polar surface area (TPSA) is 9.23 Å². The summed E-state index contributed by atoms with van der Waals surface area (Å²) in [6.45, 7) is 0. The van der Waals surface area contributed by atoms with Gasteiger partial charge in [-0.25, -0.2) is 0 Å². The Balaban J connectivity index is 0.00000208. The fourth-order valence-electron chi connectivity index (χ4n) is 2.22. The molecule has 2 heteroatoms. The zero-order valence-electron chi connectivity index (χ0n) is 13.3. The average Bonchev–Trinajstić information content (AvgIpc) is 2.63. The van der Waals surface area contributed by atoms with Crippen LogP contribution in [0.5, 0.6) is 5.75 Å². The molecule has 0 aliphatic rings. The molecule has 0 saturated carbocycles. The van der Waals surface area contributed by atoms with E-state index in [1.54, 1.807) is 0 Å². The van der Waals surface area contributed by atoms with Gasteiger partial charge in [-0.15, -0.1) is 0 Å². The number of hydrogen-bond donors (Lipinski definition) is 0. The van der Waals surface area contributed by atoms with Crippen LogP contribution in [0.2, 0.25) is 0 Å². The molecule has 3 aromatic rings. The molecular formula is C22H18OTi. The molecule has 0 N–H and O–H groups in total. The predicted octanol–water partition coefficient (Wildman–Crippen LogP) is 5.82. The van der Waals surface area contributed by atoms with E-state index in [1.165, 1.54) is 0 Å². The Morgan fingerprint density at radius 1 is 0.667 bits per heavy atom. The molecule has 0 heterocycles. The number of hydrogen-bond acceptors (Lipinski definition) is 1. The Bertz CT molecular complexity index is 778. The summed E-state index contributed by atoms with van der Waals surface area (Å²) in [7, 11) is 0. The van der Waals surface area contributed by atoms with Crippen LogP contribution in [0.25, 0.3) is 11.8 Å². The maximum atomic E-state index is 6.05. The third-order valence-corrected chi connectivity index (χ3v) is 3.37. The first-order valence-electron chi connectivity index (χ1n) is 7.63. The molecule has 1 nitrogen and oxygen atoms in total. The van der Waals surface area contributed by atoms with Crippen molar-refractivity contribution in [1.82, 2.24) is 0 Å². The van der Waals surface area contributed by atoms with Crippen LogP contribution in [0.4, 0.5) is 0 Å². The number of benzene rings is 3. The summed E-state index contributed by atoms with van der Waals surface area (Å²) in [5, 5.41) is 0. The fraction of sp³-hybridized carbons (Fsp3) is 0. The van der Waals surface area contributed by atoms with E-state index in [-0.39, 0.29) is 21.7 Å². The van der Waals surface area contributed by atoms with Crippen molar-refractivity contribution < 1.29 is 26.5 Å². The first-order valence-corrected chi connectivity index (χ1v) is 7.63. The molecule has 24 heavy (non-hydrogen) atoms. The van der Waals surface area contributed by atoms with Gasteiger partial charge in [0, 0.05) is 27.3 Å². The maximum absolute atomic E-state index is 6.05. The second-order valence-electron chi connectivity index (χ2n) is 5.08. The molecule has 3 aromatic carbocycles. The van der Waals surface area contributed by atoms with E-state index < -0.39 is 0 Å². The van der Waals surface area contributed by atoms with Crippen LogP contribution >= 0.6 is 0 Å². The van der Waals surface area contributed by atoms with Crippen molar-refractivity contribution in [2.45, 2.75) is 0 Å². The summed E-state index contributed by atoms with van der Waals surface area (Å²) in [6.07, 6.45) is 6.08. The minimum Gasteiger partial charge on any atom is -0.457 e. The Morgan fingerprint density at radius 3 is 1.83 bits per heavy atom. The van der Waals surface area contributed by atoms with Gasteiger partial charge in [-0.05, 0) is 23.8 Å². The van der Waals surface area contributed by atoms with Crippen molar-refractivity contribution in [1.29, 1.82) is 0 Å². The van der Waals surface area contributed by atoms with Gasteiger partial charge < -0.3 is 4.74 Å². The minimum atomic E-state index is 0. The molecule has 0 aromatic heterocycles. The molecule has 0 spiro atoms. The molecule has 0 aliphatic carbocycles. The van der Waals surface area contributed by atoms with Crippen LogP contribution < -0.4 is 4.74 Å². The van der Waals surface area contributed by atoms with Gasteiger partial charge >= 0.3 is 0 Å². The Hall–Kier alpha value is -2.35. The molecular weight excluding hydrogens is 328 g/mol. The Labute approximate surface area is 158 Å². The van der Waals surface area contributed by atoms with Crippen LogP contribution in [0, 0.1) is 0 Å². The van der Waals surface area contributed by atoms with Crippen molar-refractivity contribution in [2.75, 3.05) is 0 Å². The summed E-state index contributed by atoms with van der Waals surface area (Å²) in [4.78, 5) is 0.